The van der Waals surface area contributed by atoms with Crippen LogP contribution in [0.15, 0.2) is 0 Å². The molecule has 0 spiro atoms. The van der Waals surface area contributed by atoms with Gasteiger partial charge in [-0.1, -0.05) is 214 Å². The minimum absolute atomic E-state index is 0.0657. The Morgan fingerprint density at radius 2 is 0.623 bits per heavy atom. The monoisotopic (exact) mass is 751 g/mol. The summed E-state index contributed by atoms with van der Waals surface area (Å²) in [6.07, 6.45) is 38.4. The molecule has 0 amide bonds. The highest BCUT2D eigenvalue weighted by molar-refractivity contribution is 5.71. The van der Waals surface area contributed by atoms with Crippen molar-refractivity contribution in [2.45, 2.75) is 259 Å². The maximum Gasteiger partial charge on any atom is 0.306 e. The summed E-state index contributed by atoms with van der Waals surface area (Å²) in [5.74, 6) is 0.785. The molecule has 0 aromatic carbocycles. The van der Waals surface area contributed by atoms with Crippen LogP contribution in [0.5, 0.6) is 0 Å². The third-order valence-corrected chi connectivity index (χ3v) is 10.5. The van der Waals surface area contributed by atoms with Gasteiger partial charge < -0.3 is 14.2 Å². The van der Waals surface area contributed by atoms with Crippen molar-refractivity contribution >= 4 is 17.9 Å². The average Bonchev–Trinajstić information content (AvgIpc) is 3.12. The average molecular weight is 751 g/mol. The van der Waals surface area contributed by atoms with Gasteiger partial charge in [-0.2, -0.15) is 0 Å². The highest BCUT2D eigenvalue weighted by Crippen LogP contribution is 2.17. The summed E-state index contributed by atoms with van der Waals surface area (Å²) >= 11 is 0. The van der Waals surface area contributed by atoms with Crippen LogP contribution >= 0.6 is 0 Å². The zero-order valence-corrected chi connectivity index (χ0v) is 36.1. The molecule has 0 aromatic heterocycles. The molecule has 6 nitrogen and oxygen atoms in total. The number of hydrogen-bond donors (Lipinski definition) is 0. The predicted octanol–water partition coefficient (Wildman–Crippen LogP) is 14.6. The first kappa shape index (κ1) is 51.4. The van der Waals surface area contributed by atoms with Gasteiger partial charge in [-0.15, -0.1) is 0 Å². The SMILES string of the molecule is CCCCCCCC(=O)OC[C@H](COC(=O)CCCCCCCCCCCCCCCCCC(C)C)OC(=O)CCCCCCCCCCCC(C)C. The van der Waals surface area contributed by atoms with Gasteiger partial charge in [0, 0.05) is 19.3 Å². The summed E-state index contributed by atoms with van der Waals surface area (Å²) in [6, 6.07) is 0. The minimum Gasteiger partial charge on any atom is -0.462 e. The first-order valence-corrected chi connectivity index (χ1v) is 23.2. The molecule has 0 rings (SSSR count). The Morgan fingerprint density at radius 1 is 0.358 bits per heavy atom. The van der Waals surface area contributed by atoms with Crippen molar-refractivity contribution in [2.75, 3.05) is 13.2 Å². The number of hydrogen-bond acceptors (Lipinski definition) is 6. The molecule has 1 atom stereocenters. The summed E-state index contributed by atoms with van der Waals surface area (Å²) < 4.78 is 16.6. The van der Waals surface area contributed by atoms with E-state index in [1.807, 2.05) is 0 Å². The van der Waals surface area contributed by atoms with E-state index < -0.39 is 6.10 Å². The fourth-order valence-corrected chi connectivity index (χ4v) is 6.93. The number of esters is 3. The molecule has 0 bridgehead atoms. The van der Waals surface area contributed by atoms with E-state index in [2.05, 4.69) is 34.6 Å². The van der Waals surface area contributed by atoms with E-state index >= 15 is 0 Å². The number of carbonyl (C=O) groups excluding carboxylic acids is 3. The molecule has 0 radical (unpaired) electrons. The highest BCUT2D eigenvalue weighted by atomic mass is 16.6. The van der Waals surface area contributed by atoms with Gasteiger partial charge in [0.1, 0.15) is 13.2 Å². The molecule has 0 aliphatic carbocycles. The van der Waals surface area contributed by atoms with E-state index in [9.17, 15) is 14.4 Å². The van der Waals surface area contributed by atoms with E-state index in [-0.39, 0.29) is 31.1 Å². The van der Waals surface area contributed by atoms with E-state index in [1.165, 1.54) is 135 Å². The number of carbonyl (C=O) groups is 3. The third kappa shape index (κ3) is 41.4. The van der Waals surface area contributed by atoms with Gasteiger partial charge in [-0.25, -0.2) is 0 Å². The minimum atomic E-state index is -0.759. The van der Waals surface area contributed by atoms with Crippen molar-refractivity contribution in [3.63, 3.8) is 0 Å². The Bertz CT molecular complexity index is 809. The van der Waals surface area contributed by atoms with Crippen LogP contribution < -0.4 is 0 Å². The summed E-state index contributed by atoms with van der Waals surface area (Å²) in [6.45, 7) is 11.3. The Balaban J connectivity index is 4.13. The summed E-state index contributed by atoms with van der Waals surface area (Å²) in [7, 11) is 0. The molecule has 0 saturated heterocycles. The van der Waals surface area contributed by atoms with Gasteiger partial charge in [0.05, 0.1) is 0 Å². The summed E-state index contributed by atoms with van der Waals surface area (Å²) in [5.41, 5.74) is 0. The van der Waals surface area contributed by atoms with E-state index in [0.717, 1.165) is 76.0 Å². The van der Waals surface area contributed by atoms with Crippen molar-refractivity contribution in [2.24, 2.45) is 11.8 Å². The Hall–Kier alpha value is -1.59. The number of unbranched alkanes of at least 4 members (excludes halogenated alkanes) is 26. The Morgan fingerprint density at radius 3 is 0.925 bits per heavy atom. The smallest absolute Gasteiger partial charge is 0.306 e. The van der Waals surface area contributed by atoms with Crippen LogP contribution in [0.4, 0.5) is 0 Å². The van der Waals surface area contributed by atoms with Crippen LogP contribution in [0.25, 0.3) is 0 Å². The molecule has 53 heavy (non-hydrogen) atoms. The zero-order valence-electron chi connectivity index (χ0n) is 36.1. The number of rotatable bonds is 41. The zero-order chi connectivity index (χ0) is 39.0. The fourth-order valence-electron chi connectivity index (χ4n) is 6.93. The summed E-state index contributed by atoms with van der Waals surface area (Å²) in [5, 5.41) is 0. The lowest BCUT2D eigenvalue weighted by Gasteiger charge is -2.18. The molecule has 0 fully saturated rings. The second kappa shape index (κ2) is 40.1. The quantitative estimate of drug-likeness (QED) is 0.0352. The number of ether oxygens (including phenoxy) is 3. The molecule has 0 unspecified atom stereocenters. The lowest BCUT2D eigenvalue weighted by Crippen LogP contribution is -2.30. The maximum atomic E-state index is 12.6. The second-order valence-electron chi connectivity index (χ2n) is 17.0. The van der Waals surface area contributed by atoms with Gasteiger partial charge in [0.2, 0.25) is 0 Å². The lowest BCUT2D eigenvalue weighted by molar-refractivity contribution is -0.167. The van der Waals surface area contributed by atoms with Crippen LogP contribution in [-0.2, 0) is 28.6 Å². The molecule has 0 heterocycles. The highest BCUT2D eigenvalue weighted by Gasteiger charge is 2.19. The standard InChI is InChI=1S/C47H90O6/c1-6-7-8-25-32-37-45(48)51-40-44(53-47(50)39-34-29-24-20-16-18-22-27-31-36-43(4)5)41-52-46(49)38-33-28-23-19-15-13-11-9-10-12-14-17-21-26-30-35-42(2)3/h42-44H,6-41H2,1-5H3/t44-/m1/s1. The van der Waals surface area contributed by atoms with Crippen LogP contribution in [0.3, 0.4) is 0 Å². The molecular weight excluding hydrogens is 661 g/mol. The van der Waals surface area contributed by atoms with Gasteiger partial charge in [-0.3, -0.25) is 14.4 Å². The fraction of sp³-hybridized carbons (Fsp3) is 0.936. The van der Waals surface area contributed by atoms with Gasteiger partial charge in [0.15, 0.2) is 6.10 Å². The van der Waals surface area contributed by atoms with Gasteiger partial charge in [0.25, 0.3) is 0 Å². The molecule has 0 N–H and O–H groups in total. The Kier molecular flexibility index (Phi) is 38.9. The molecule has 314 valence electrons. The normalized spacial score (nSPS) is 12.1. The van der Waals surface area contributed by atoms with Crippen molar-refractivity contribution < 1.29 is 28.6 Å². The molecule has 0 saturated carbocycles. The largest absolute Gasteiger partial charge is 0.462 e. The predicted molar refractivity (Wildman–Crippen MR) is 224 cm³/mol. The van der Waals surface area contributed by atoms with Crippen LogP contribution in [0, 0.1) is 11.8 Å². The van der Waals surface area contributed by atoms with E-state index in [1.54, 1.807) is 0 Å². The molecule has 0 aliphatic rings. The maximum absolute atomic E-state index is 12.6. The third-order valence-electron chi connectivity index (χ3n) is 10.5. The molecule has 6 heteroatoms. The van der Waals surface area contributed by atoms with Crippen LogP contribution in [-0.4, -0.2) is 37.2 Å². The summed E-state index contributed by atoms with van der Waals surface area (Å²) in [4.78, 5) is 37.5. The second-order valence-corrected chi connectivity index (χ2v) is 17.0. The Labute approximate surface area is 329 Å². The van der Waals surface area contributed by atoms with E-state index in [4.69, 9.17) is 14.2 Å². The molecule has 0 aliphatic heterocycles. The van der Waals surface area contributed by atoms with Crippen molar-refractivity contribution in [3.8, 4) is 0 Å². The topological polar surface area (TPSA) is 78.9 Å². The van der Waals surface area contributed by atoms with E-state index in [0.29, 0.717) is 19.3 Å². The first-order valence-electron chi connectivity index (χ1n) is 23.2. The lowest BCUT2D eigenvalue weighted by atomic mass is 10.0. The first-order chi connectivity index (χ1) is 25.7. The van der Waals surface area contributed by atoms with Crippen molar-refractivity contribution in [3.05, 3.63) is 0 Å². The van der Waals surface area contributed by atoms with Crippen LogP contribution in [0.1, 0.15) is 253 Å². The van der Waals surface area contributed by atoms with Crippen LogP contribution in [0.2, 0.25) is 0 Å². The van der Waals surface area contributed by atoms with Crippen molar-refractivity contribution in [1.29, 1.82) is 0 Å². The van der Waals surface area contributed by atoms with Gasteiger partial charge in [-0.05, 0) is 31.1 Å². The molecular formula is C47H90O6. The van der Waals surface area contributed by atoms with Crippen molar-refractivity contribution in [1.82, 2.24) is 0 Å². The van der Waals surface area contributed by atoms with Gasteiger partial charge >= 0.3 is 17.9 Å². The molecule has 0 aromatic rings.